The molecule has 2 heterocycles. The van der Waals surface area contributed by atoms with E-state index in [-0.39, 0.29) is 30.1 Å². The van der Waals surface area contributed by atoms with Crippen LogP contribution in [0.25, 0.3) is 0 Å². The predicted octanol–water partition coefficient (Wildman–Crippen LogP) is 3.23. The maximum Gasteiger partial charge on any atom is 0.311 e. The average Bonchev–Trinajstić information content (AvgIpc) is 3.41. The van der Waals surface area contributed by atoms with E-state index in [2.05, 4.69) is 0 Å². The summed E-state index contributed by atoms with van der Waals surface area (Å²) in [6.45, 7) is 4.41. The number of carbonyl (C=O) groups is 1. The van der Waals surface area contributed by atoms with Crippen molar-refractivity contribution in [3.8, 4) is 11.5 Å². The first-order valence-corrected chi connectivity index (χ1v) is 11.3. The highest BCUT2D eigenvalue weighted by Gasteiger charge is 2.26. The summed E-state index contributed by atoms with van der Waals surface area (Å²) < 4.78 is 45.9. The highest BCUT2D eigenvalue weighted by molar-refractivity contribution is 7.87. The molecule has 0 aliphatic carbocycles. The number of furan rings is 1. The predicted molar refractivity (Wildman–Crippen MR) is 110 cm³/mol. The summed E-state index contributed by atoms with van der Waals surface area (Å²) in [6.07, 6.45) is 3.25. The van der Waals surface area contributed by atoms with E-state index in [0.29, 0.717) is 24.5 Å². The Bertz CT molecular complexity index is 948. The number of benzene rings is 1. The SMILES string of the molecule is COc1ccc(CN(CC2CCCO2)C(=O)c2ccco2)cc1OS(=O)(=O)C(C)C. The molecule has 1 aromatic carbocycles. The van der Waals surface area contributed by atoms with Gasteiger partial charge >= 0.3 is 10.1 Å². The Morgan fingerprint density at radius 1 is 1.27 bits per heavy atom. The molecule has 1 aliphatic heterocycles. The molecule has 0 saturated carbocycles. The summed E-state index contributed by atoms with van der Waals surface area (Å²) in [5.74, 6) is 0.362. The zero-order chi connectivity index (χ0) is 21.7. The quantitative estimate of drug-likeness (QED) is 0.556. The van der Waals surface area contributed by atoms with E-state index < -0.39 is 15.4 Å². The number of hydrogen-bond acceptors (Lipinski definition) is 7. The molecule has 1 aliphatic rings. The number of ether oxygens (including phenoxy) is 2. The molecule has 1 saturated heterocycles. The summed E-state index contributed by atoms with van der Waals surface area (Å²) >= 11 is 0. The fraction of sp³-hybridized carbons (Fsp3) is 0.476. The van der Waals surface area contributed by atoms with Crippen molar-refractivity contribution in [2.24, 2.45) is 0 Å². The zero-order valence-electron chi connectivity index (χ0n) is 17.4. The van der Waals surface area contributed by atoms with E-state index >= 15 is 0 Å². The largest absolute Gasteiger partial charge is 0.493 e. The van der Waals surface area contributed by atoms with Crippen molar-refractivity contribution >= 4 is 16.0 Å². The minimum atomic E-state index is -3.80. The van der Waals surface area contributed by atoms with Crippen molar-refractivity contribution in [3.05, 3.63) is 47.9 Å². The molecule has 2 aromatic rings. The third-order valence-corrected chi connectivity index (χ3v) is 6.42. The molecule has 1 amide bonds. The average molecular weight is 438 g/mol. The van der Waals surface area contributed by atoms with Gasteiger partial charge in [-0.3, -0.25) is 4.79 Å². The molecule has 1 atom stereocenters. The van der Waals surface area contributed by atoms with Crippen molar-refractivity contribution in [1.29, 1.82) is 0 Å². The van der Waals surface area contributed by atoms with Gasteiger partial charge in [-0.05, 0) is 56.5 Å². The van der Waals surface area contributed by atoms with Crippen LogP contribution in [-0.2, 0) is 21.4 Å². The molecular weight excluding hydrogens is 410 g/mol. The molecule has 0 spiro atoms. The fourth-order valence-corrected chi connectivity index (χ4v) is 3.71. The fourth-order valence-electron chi connectivity index (χ4n) is 3.14. The lowest BCUT2D eigenvalue weighted by atomic mass is 10.1. The maximum atomic E-state index is 12.9. The third-order valence-electron chi connectivity index (χ3n) is 4.85. The Morgan fingerprint density at radius 3 is 2.67 bits per heavy atom. The van der Waals surface area contributed by atoms with Gasteiger partial charge in [-0.15, -0.1) is 0 Å². The molecule has 1 aromatic heterocycles. The molecular formula is C21H27NO7S. The lowest BCUT2D eigenvalue weighted by Gasteiger charge is -2.25. The highest BCUT2D eigenvalue weighted by atomic mass is 32.2. The topological polar surface area (TPSA) is 95.3 Å². The molecule has 0 N–H and O–H groups in total. The van der Waals surface area contributed by atoms with E-state index in [0.717, 1.165) is 12.8 Å². The standard InChI is InChI=1S/C21H27NO7S/c1-15(2)30(24,25)29-20-12-16(8-9-18(20)26-3)13-22(14-17-6-4-10-27-17)21(23)19-7-5-11-28-19/h5,7-9,11-12,15,17H,4,6,10,13-14H2,1-3H3. The smallest absolute Gasteiger partial charge is 0.311 e. The maximum absolute atomic E-state index is 12.9. The number of rotatable bonds is 9. The van der Waals surface area contributed by atoms with Gasteiger partial charge in [0.25, 0.3) is 5.91 Å². The monoisotopic (exact) mass is 437 g/mol. The van der Waals surface area contributed by atoms with Crippen LogP contribution in [-0.4, -0.2) is 50.8 Å². The number of methoxy groups -OCH3 is 1. The van der Waals surface area contributed by atoms with E-state index in [1.165, 1.54) is 27.2 Å². The van der Waals surface area contributed by atoms with Gasteiger partial charge in [0.1, 0.15) is 0 Å². The minimum absolute atomic E-state index is 0.0424. The molecule has 0 bridgehead atoms. The summed E-state index contributed by atoms with van der Waals surface area (Å²) in [6, 6.07) is 8.25. The normalized spacial score (nSPS) is 16.6. The van der Waals surface area contributed by atoms with E-state index in [1.807, 2.05) is 0 Å². The van der Waals surface area contributed by atoms with Crippen LogP contribution in [0, 0.1) is 0 Å². The first-order valence-electron chi connectivity index (χ1n) is 9.84. The van der Waals surface area contributed by atoms with Gasteiger partial charge in [0.2, 0.25) is 0 Å². The van der Waals surface area contributed by atoms with Gasteiger partial charge in [-0.25, -0.2) is 0 Å². The van der Waals surface area contributed by atoms with Gasteiger partial charge < -0.3 is 23.0 Å². The van der Waals surface area contributed by atoms with Crippen molar-refractivity contribution in [2.75, 3.05) is 20.3 Å². The second-order valence-electron chi connectivity index (χ2n) is 7.41. The molecule has 9 heteroatoms. The van der Waals surface area contributed by atoms with E-state index in [1.54, 1.807) is 35.2 Å². The molecule has 3 rings (SSSR count). The van der Waals surface area contributed by atoms with Gasteiger partial charge in [0, 0.05) is 19.7 Å². The van der Waals surface area contributed by atoms with Gasteiger partial charge in [0.05, 0.1) is 24.7 Å². The van der Waals surface area contributed by atoms with Crippen LogP contribution in [0.1, 0.15) is 42.8 Å². The van der Waals surface area contributed by atoms with Gasteiger partial charge in [-0.1, -0.05) is 6.07 Å². The molecule has 30 heavy (non-hydrogen) atoms. The molecule has 164 valence electrons. The van der Waals surface area contributed by atoms with Crippen molar-refractivity contribution in [1.82, 2.24) is 4.90 Å². The van der Waals surface area contributed by atoms with Gasteiger partial charge in [0.15, 0.2) is 17.3 Å². The Hall–Kier alpha value is -2.52. The Kier molecular flexibility index (Phi) is 7.04. The number of carbonyl (C=O) groups excluding carboxylic acids is 1. The number of hydrogen-bond donors (Lipinski definition) is 0. The molecule has 8 nitrogen and oxygen atoms in total. The Labute approximate surface area is 176 Å². The van der Waals surface area contributed by atoms with Gasteiger partial charge in [-0.2, -0.15) is 8.42 Å². The van der Waals surface area contributed by atoms with Crippen molar-refractivity contribution in [2.45, 2.75) is 44.6 Å². The van der Waals surface area contributed by atoms with E-state index in [4.69, 9.17) is 18.1 Å². The number of nitrogens with zero attached hydrogens (tertiary/aromatic N) is 1. The summed E-state index contributed by atoms with van der Waals surface area (Å²) in [7, 11) is -2.36. The third kappa shape index (κ3) is 5.34. The van der Waals surface area contributed by atoms with Crippen molar-refractivity contribution in [3.63, 3.8) is 0 Å². The van der Waals surface area contributed by atoms with Crippen LogP contribution in [0.4, 0.5) is 0 Å². The summed E-state index contributed by atoms with van der Waals surface area (Å²) in [5, 5.41) is -0.706. The molecule has 0 radical (unpaired) electrons. The van der Waals surface area contributed by atoms with Crippen LogP contribution >= 0.6 is 0 Å². The van der Waals surface area contributed by atoms with E-state index in [9.17, 15) is 13.2 Å². The summed E-state index contributed by atoms with van der Waals surface area (Å²) in [4.78, 5) is 14.6. The minimum Gasteiger partial charge on any atom is -0.493 e. The second kappa shape index (κ2) is 9.53. The summed E-state index contributed by atoms with van der Waals surface area (Å²) in [5.41, 5.74) is 0.697. The second-order valence-corrected chi connectivity index (χ2v) is 9.50. The van der Waals surface area contributed by atoms with Crippen LogP contribution in [0.5, 0.6) is 11.5 Å². The Morgan fingerprint density at radius 2 is 2.07 bits per heavy atom. The Balaban J connectivity index is 1.85. The van der Waals surface area contributed by atoms with Crippen molar-refractivity contribution < 1.29 is 31.3 Å². The first-order chi connectivity index (χ1) is 14.3. The van der Waals surface area contributed by atoms with Crippen LogP contribution in [0.2, 0.25) is 0 Å². The van der Waals surface area contributed by atoms with Crippen LogP contribution in [0.15, 0.2) is 41.0 Å². The number of amides is 1. The lowest BCUT2D eigenvalue weighted by molar-refractivity contribution is 0.0484. The zero-order valence-corrected chi connectivity index (χ0v) is 18.2. The molecule has 1 fully saturated rings. The van der Waals surface area contributed by atoms with Crippen LogP contribution < -0.4 is 8.92 Å². The molecule has 1 unspecified atom stereocenters. The first kappa shape index (κ1) is 22.2. The van der Waals surface area contributed by atoms with Crippen LogP contribution in [0.3, 0.4) is 0 Å². The lowest BCUT2D eigenvalue weighted by Crippen LogP contribution is -2.36. The highest BCUT2D eigenvalue weighted by Crippen LogP contribution is 2.31.